The second-order valence-corrected chi connectivity index (χ2v) is 8.61. The average molecular weight is 417 g/mol. The molecule has 25 heavy (non-hydrogen) atoms. The van der Waals surface area contributed by atoms with Crippen LogP contribution in [0.4, 0.5) is 0 Å². The van der Waals surface area contributed by atoms with Gasteiger partial charge >= 0.3 is 0 Å². The first-order valence-electron chi connectivity index (χ1n) is 8.04. The van der Waals surface area contributed by atoms with Gasteiger partial charge < -0.3 is 10.1 Å². The number of nitrogens with one attached hydrogen (secondary N) is 2. The first kappa shape index (κ1) is 18.1. The van der Waals surface area contributed by atoms with Crippen molar-refractivity contribution in [3.63, 3.8) is 0 Å². The van der Waals surface area contributed by atoms with E-state index in [4.69, 9.17) is 4.74 Å². The topological polar surface area (TPSA) is 33.3 Å². The number of thioether (sulfide) groups is 1. The molecule has 0 fully saturated rings. The molecule has 130 valence electrons. The van der Waals surface area contributed by atoms with Crippen molar-refractivity contribution < 1.29 is 4.74 Å². The SMILES string of the molecule is C=CCSC1(Br)NC(c2ccc(OC)cc2)=CC(c2ccccc2)N1. The van der Waals surface area contributed by atoms with Gasteiger partial charge in [-0.3, -0.25) is 5.32 Å². The number of halogens is 1. The normalized spacial score (nSPS) is 22.6. The Bertz CT molecular complexity index is 748. The van der Waals surface area contributed by atoms with Gasteiger partial charge in [-0.15, -0.1) is 18.3 Å². The Morgan fingerprint density at radius 3 is 2.56 bits per heavy atom. The lowest BCUT2D eigenvalue weighted by Gasteiger charge is -2.39. The molecule has 0 saturated carbocycles. The van der Waals surface area contributed by atoms with Gasteiger partial charge in [0.2, 0.25) is 0 Å². The van der Waals surface area contributed by atoms with E-state index in [2.05, 4.69) is 75.6 Å². The fourth-order valence-electron chi connectivity index (χ4n) is 2.69. The van der Waals surface area contributed by atoms with Crippen molar-refractivity contribution in [2.75, 3.05) is 12.9 Å². The second kappa shape index (κ2) is 8.13. The lowest BCUT2D eigenvalue weighted by Crippen LogP contribution is -2.52. The summed E-state index contributed by atoms with van der Waals surface area (Å²) in [6.07, 6.45) is 4.12. The van der Waals surface area contributed by atoms with E-state index in [0.717, 1.165) is 22.8 Å². The Balaban J connectivity index is 1.95. The lowest BCUT2D eigenvalue weighted by molar-refractivity contribution is 0.414. The molecular weight excluding hydrogens is 396 g/mol. The van der Waals surface area contributed by atoms with Crippen LogP contribution in [0.25, 0.3) is 5.70 Å². The molecule has 0 saturated heterocycles. The molecule has 2 aromatic rings. The van der Waals surface area contributed by atoms with Gasteiger partial charge in [-0.2, -0.15) is 0 Å². The van der Waals surface area contributed by atoms with Crippen LogP contribution in [-0.2, 0) is 0 Å². The summed E-state index contributed by atoms with van der Waals surface area (Å²) >= 11 is 5.54. The molecule has 1 aliphatic heterocycles. The third-order valence-corrected chi connectivity index (χ3v) is 6.06. The maximum atomic E-state index is 5.26. The Hall–Kier alpha value is -1.69. The molecule has 2 N–H and O–H groups in total. The molecular formula is C20H21BrN2OS. The van der Waals surface area contributed by atoms with Gasteiger partial charge in [0.25, 0.3) is 0 Å². The number of hydrogen-bond donors (Lipinski definition) is 2. The number of methoxy groups -OCH3 is 1. The first-order chi connectivity index (χ1) is 12.1. The van der Waals surface area contributed by atoms with Gasteiger partial charge in [-0.05, 0) is 57.4 Å². The highest BCUT2D eigenvalue weighted by atomic mass is 79.9. The Morgan fingerprint density at radius 1 is 1.20 bits per heavy atom. The maximum absolute atomic E-state index is 5.26. The molecule has 0 aromatic heterocycles. The monoisotopic (exact) mass is 416 g/mol. The summed E-state index contributed by atoms with van der Waals surface area (Å²) in [5.74, 6) is 1.67. The molecule has 5 heteroatoms. The van der Waals surface area contributed by atoms with E-state index >= 15 is 0 Å². The highest BCUT2D eigenvalue weighted by Crippen LogP contribution is 2.37. The molecule has 0 radical (unpaired) electrons. The highest BCUT2D eigenvalue weighted by Gasteiger charge is 2.34. The van der Waals surface area contributed by atoms with Crippen molar-refractivity contribution in [1.29, 1.82) is 0 Å². The van der Waals surface area contributed by atoms with E-state index in [1.54, 1.807) is 18.9 Å². The van der Waals surface area contributed by atoms with Crippen molar-refractivity contribution >= 4 is 33.4 Å². The molecule has 0 spiro atoms. The summed E-state index contributed by atoms with van der Waals surface area (Å²) in [6.45, 7) is 3.82. The first-order valence-corrected chi connectivity index (χ1v) is 9.82. The van der Waals surface area contributed by atoms with Crippen LogP contribution >= 0.6 is 27.7 Å². The summed E-state index contributed by atoms with van der Waals surface area (Å²) in [6, 6.07) is 18.6. The number of ether oxygens (including phenoxy) is 1. The smallest absolute Gasteiger partial charge is 0.195 e. The van der Waals surface area contributed by atoms with Gasteiger partial charge in [-0.1, -0.05) is 36.4 Å². The molecule has 1 heterocycles. The van der Waals surface area contributed by atoms with Crippen LogP contribution in [0.15, 0.2) is 73.3 Å². The van der Waals surface area contributed by atoms with E-state index in [1.807, 2.05) is 24.3 Å². The molecule has 2 aromatic carbocycles. The minimum Gasteiger partial charge on any atom is -0.497 e. The standard InChI is InChI=1S/C20H21BrN2OS/c1-3-13-25-20(21)22-18(15-7-5-4-6-8-15)14-19(23-20)16-9-11-17(24-2)12-10-16/h3-12,14,18,22-23H,1,13H2,2H3. The lowest BCUT2D eigenvalue weighted by atomic mass is 10.0. The van der Waals surface area contributed by atoms with Gasteiger partial charge in [0.15, 0.2) is 3.90 Å². The van der Waals surface area contributed by atoms with Gasteiger partial charge in [-0.25, -0.2) is 0 Å². The molecule has 1 aliphatic rings. The zero-order valence-corrected chi connectivity index (χ0v) is 16.4. The third kappa shape index (κ3) is 4.48. The van der Waals surface area contributed by atoms with Gasteiger partial charge in [0.1, 0.15) is 5.75 Å². The summed E-state index contributed by atoms with van der Waals surface area (Å²) in [7, 11) is 1.68. The Morgan fingerprint density at radius 2 is 1.92 bits per heavy atom. The van der Waals surface area contributed by atoms with Crippen LogP contribution in [0.3, 0.4) is 0 Å². The summed E-state index contributed by atoms with van der Waals surface area (Å²) in [5, 5.41) is 7.18. The number of hydrogen-bond acceptors (Lipinski definition) is 4. The predicted octanol–water partition coefficient (Wildman–Crippen LogP) is 4.90. The molecule has 3 rings (SSSR count). The van der Waals surface area contributed by atoms with Crippen LogP contribution < -0.4 is 15.4 Å². The Labute approximate surface area is 161 Å². The number of rotatable bonds is 6. The van der Waals surface area contributed by atoms with Crippen LogP contribution in [0.5, 0.6) is 5.75 Å². The summed E-state index contributed by atoms with van der Waals surface area (Å²) < 4.78 is 4.80. The fraction of sp³-hybridized carbons (Fsp3) is 0.200. The van der Waals surface area contributed by atoms with Crippen LogP contribution in [0.2, 0.25) is 0 Å². The molecule has 2 atom stereocenters. The van der Waals surface area contributed by atoms with Gasteiger partial charge in [0, 0.05) is 11.4 Å². The van der Waals surface area contributed by atoms with Crippen LogP contribution in [0, 0.1) is 0 Å². The van der Waals surface area contributed by atoms with E-state index < -0.39 is 3.90 Å². The van der Waals surface area contributed by atoms with E-state index in [9.17, 15) is 0 Å². The fourth-order valence-corrected chi connectivity index (χ4v) is 4.29. The molecule has 2 unspecified atom stereocenters. The molecule has 0 amide bonds. The average Bonchev–Trinajstić information content (AvgIpc) is 2.67. The van der Waals surface area contributed by atoms with Crippen molar-refractivity contribution in [3.05, 3.63) is 84.5 Å². The van der Waals surface area contributed by atoms with Crippen LogP contribution in [0.1, 0.15) is 17.2 Å². The summed E-state index contributed by atoms with van der Waals surface area (Å²) in [5.41, 5.74) is 3.41. The number of alkyl halides is 1. The largest absolute Gasteiger partial charge is 0.497 e. The van der Waals surface area contributed by atoms with E-state index in [-0.39, 0.29) is 6.04 Å². The predicted molar refractivity (Wildman–Crippen MR) is 111 cm³/mol. The summed E-state index contributed by atoms with van der Waals surface area (Å²) in [4.78, 5) is 0. The van der Waals surface area contributed by atoms with Crippen molar-refractivity contribution in [3.8, 4) is 5.75 Å². The molecule has 3 nitrogen and oxygen atoms in total. The van der Waals surface area contributed by atoms with E-state index in [1.165, 1.54) is 5.56 Å². The van der Waals surface area contributed by atoms with Crippen molar-refractivity contribution in [2.45, 2.75) is 9.95 Å². The van der Waals surface area contributed by atoms with Crippen molar-refractivity contribution in [1.82, 2.24) is 10.6 Å². The molecule has 0 aliphatic carbocycles. The zero-order valence-electron chi connectivity index (χ0n) is 14.0. The van der Waals surface area contributed by atoms with Crippen LogP contribution in [-0.4, -0.2) is 16.8 Å². The highest BCUT2D eigenvalue weighted by molar-refractivity contribution is 9.11. The quantitative estimate of drug-likeness (QED) is 0.398. The minimum absolute atomic E-state index is 0.0937. The Kier molecular flexibility index (Phi) is 5.89. The van der Waals surface area contributed by atoms with Gasteiger partial charge in [0.05, 0.1) is 13.2 Å². The second-order valence-electron chi connectivity index (χ2n) is 5.66. The molecule has 0 bridgehead atoms. The minimum atomic E-state index is -0.467. The van der Waals surface area contributed by atoms with Crippen molar-refractivity contribution in [2.24, 2.45) is 0 Å². The maximum Gasteiger partial charge on any atom is 0.195 e. The zero-order chi connectivity index (χ0) is 17.7. The third-order valence-electron chi connectivity index (χ3n) is 3.93. The number of benzene rings is 2. The van der Waals surface area contributed by atoms with E-state index in [0.29, 0.717) is 0 Å².